The Balaban J connectivity index is -0.0000000630. The highest BCUT2D eigenvalue weighted by atomic mass is 127. The van der Waals surface area contributed by atoms with Crippen LogP contribution in [0, 0.1) is 17.8 Å². The van der Waals surface area contributed by atoms with Gasteiger partial charge in [0.25, 0.3) is 0 Å². The van der Waals surface area contributed by atoms with E-state index in [1.54, 1.807) is 0 Å². The Bertz CT molecular complexity index is 1130. The number of hydrogen-bond donors (Lipinski definition) is 0. The molecule has 1 aliphatic rings. The molecule has 0 saturated carbocycles. The van der Waals surface area contributed by atoms with Gasteiger partial charge in [0.05, 0.1) is 171 Å². The summed E-state index contributed by atoms with van der Waals surface area (Å²) in [6.07, 6.45) is 19.6. The lowest BCUT2D eigenvalue weighted by atomic mass is 9.97. The van der Waals surface area contributed by atoms with E-state index in [1.807, 2.05) is 26.0 Å². The van der Waals surface area contributed by atoms with Gasteiger partial charge in [-0.25, -0.2) is 0 Å². The lowest BCUT2D eigenvalue weighted by Gasteiger charge is -2.40. The van der Waals surface area contributed by atoms with E-state index in [9.17, 15) is 0 Å². The molecule has 0 bridgehead atoms. The van der Waals surface area contributed by atoms with Crippen LogP contribution in [0.4, 0.5) is 0 Å². The lowest BCUT2D eigenvalue weighted by molar-refractivity contribution is -0.915. The standard InChI is InChI=1S/C17H36N.C10H26N2.C8H20N2.C8H20N.C7H17N.C6H16N.C5H13N.C4H12N.C3H9N.5HI/c1-4-5-6-7-8-9-10-11-14-18(3)15-12-17(2)13-16-18;1-10(8-11(2,3)4)9-12(5,6)7;1-8(6-9(2)3)7-10(4)5;1-5-8-9(4,6-2)7-3;1-4-7-8(5-2)6-3;1-5-6-7(2,3)4;1-4-5-6(2)3;1-5(2,3)4;1-4(2)3;;;;;/h17H,4-16H2,1-3H3;10H,8-9H2,1-7H3;8H,6-7H2,1-5H3;5-8H2,1-4H3;4-7H2,1-3H3;5-6H2,1-4H3;4-5H2,1-3H3;1-4H3;1-3H3;5*1H/q+1;+2;;+1;;+1;;+1;;;;;;/p-5. The van der Waals surface area contributed by atoms with Gasteiger partial charge in [0, 0.05) is 13.1 Å². The third kappa shape index (κ3) is 130. The Morgan fingerprint density at radius 3 is 0.929 bits per heavy atom. The van der Waals surface area contributed by atoms with Crippen molar-refractivity contribution >= 4 is 0 Å². The van der Waals surface area contributed by atoms with Gasteiger partial charge in [0.15, 0.2) is 0 Å². The molecule has 84 heavy (non-hydrogen) atoms. The van der Waals surface area contributed by atoms with Crippen molar-refractivity contribution in [1.82, 2.24) is 24.5 Å². The zero-order chi connectivity index (χ0) is 64.1. The maximum atomic E-state index is 2.48. The maximum absolute atomic E-state index is 2.48. The Hall–Kier alpha value is 3.21. The number of quaternary nitrogens is 6. The van der Waals surface area contributed by atoms with E-state index >= 15 is 0 Å². The summed E-state index contributed by atoms with van der Waals surface area (Å²) in [5, 5.41) is 0. The number of halogens is 5. The number of piperidine rings is 1. The summed E-state index contributed by atoms with van der Waals surface area (Å²) in [6.45, 7) is 46.3. The van der Waals surface area contributed by atoms with Crippen LogP contribution >= 0.6 is 0 Å². The molecule has 1 fully saturated rings. The first-order chi connectivity index (χ1) is 35.9. The first kappa shape index (κ1) is 118. The summed E-state index contributed by atoms with van der Waals surface area (Å²) < 4.78 is 6.83. The molecule has 0 aliphatic carbocycles. The van der Waals surface area contributed by atoms with Gasteiger partial charge in [-0.05, 0) is 167 Å². The summed E-state index contributed by atoms with van der Waals surface area (Å²) in [6, 6.07) is 0. The second-order valence-electron chi connectivity index (χ2n) is 30.5. The Morgan fingerprint density at radius 2 is 0.738 bits per heavy atom. The van der Waals surface area contributed by atoms with Gasteiger partial charge in [-0.3, -0.25) is 0 Å². The molecule has 0 aromatic rings. The van der Waals surface area contributed by atoms with Crippen LogP contribution in [0.1, 0.15) is 173 Å². The molecular formula is C68H169I5N11+. The van der Waals surface area contributed by atoms with Crippen molar-refractivity contribution in [3.05, 3.63) is 0 Å². The van der Waals surface area contributed by atoms with Crippen LogP contribution in [0.5, 0.6) is 0 Å². The second kappa shape index (κ2) is 73.6. The van der Waals surface area contributed by atoms with Crippen LogP contribution in [0.3, 0.4) is 0 Å². The molecule has 0 aromatic heterocycles. The lowest BCUT2D eigenvalue weighted by Crippen LogP contribution is -3.00. The van der Waals surface area contributed by atoms with E-state index in [4.69, 9.17) is 0 Å². The highest BCUT2D eigenvalue weighted by molar-refractivity contribution is 4.60. The van der Waals surface area contributed by atoms with E-state index in [0.717, 1.165) is 35.7 Å². The van der Waals surface area contributed by atoms with Gasteiger partial charge >= 0.3 is 0 Å². The van der Waals surface area contributed by atoms with Crippen LogP contribution in [0.2, 0.25) is 0 Å². The van der Waals surface area contributed by atoms with Gasteiger partial charge < -0.3 is 171 Å². The van der Waals surface area contributed by atoms with Crippen molar-refractivity contribution in [3.63, 3.8) is 0 Å². The van der Waals surface area contributed by atoms with Crippen LogP contribution in [-0.2, 0) is 0 Å². The zero-order valence-corrected chi connectivity index (χ0v) is 75.8. The highest BCUT2D eigenvalue weighted by Gasteiger charge is 2.27. The van der Waals surface area contributed by atoms with E-state index in [0.29, 0.717) is 0 Å². The Labute approximate surface area is 623 Å². The average molecular weight is 1780 g/mol. The van der Waals surface area contributed by atoms with E-state index in [-0.39, 0.29) is 120 Å². The summed E-state index contributed by atoms with van der Waals surface area (Å²) in [7, 11) is 52.1. The van der Waals surface area contributed by atoms with Crippen molar-refractivity contribution < 1.29 is 147 Å². The minimum Gasteiger partial charge on any atom is -1.00 e. The normalized spacial score (nSPS) is 14.7. The molecule has 0 amide bonds. The number of rotatable bonds is 29. The number of hydrogen-bond acceptors (Lipinski definition) is 5. The topological polar surface area (TPSA) is 16.2 Å². The van der Waals surface area contributed by atoms with Gasteiger partial charge in [0.2, 0.25) is 0 Å². The van der Waals surface area contributed by atoms with Gasteiger partial charge in [0.1, 0.15) is 0 Å². The third-order valence-corrected chi connectivity index (χ3v) is 13.2. The molecule has 530 valence electrons. The molecule has 0 unspecified atom stereocenters. The molecule has 0 N–H and O–H groups in total. The van der Waals surface area contributed by atoms with Gasteiger partial charge in [-0.1, -0.05) is 108 Å². The number of nitrogens with zero attached hydrogens (tertiary/aromatic N) is 11. The Kier molecular flexibility index (Phi) is 103. The maximum Gasteiger partial charge on any atom is 0.0860 e. The first-order valence-corrected chi connectivity index (χ1v) is 33.0. The summed E-state index contributed by atoms with van der Waals surface area (Å²) in [5.74, 6) is 2.55. The van der Waals surface area contributed by atoms with Crippen molar-refractivity contribution in [2.75, 3.05) is 267 Å². The van der Waals surface area contributed by atoms with Gasteiger partial charge in [-0.15, -0.1) is 0 Å². The molecule has 1 saturated heterocycles. The van der Waals surface area contributed by atoms with Crippen molar-refractivity contribution in [2.24, 2.45) is 17.8 Å². The minimum atomic E-state index is 0. The van der Waals surface area contributed by atoms with Crippen LogP contribution in [0.25, 0.3) is 0 Å². The van der Waals surface area contributed by atoms with E-state index in [2.05, 4.69) is 251 Å². The monoisotopic (exact) mass is 1770 g/mol. The second-order valence-corrected chi connectivity index (χ2v) is 30.5. The summed E-state index contributed by atoms with van der Waals surface area (Å²) >= 11 is 0. The van der Waals surface area contributed by atoms with E-state index < -0.39 is 0 Å². The fraction of sp³-hybridized carbons (Fsp3) is 1.00. The van der Waals surface area contributed by atoms with Crippen LogP contribution in [-0.4, -0.2) is 319 Å². The molecular weight excluding hydrogens is 1610 g/mol. The van der Waals surface area contributed by atoms with Crippen molar-refractivity contribution in [3.8, 4) is 0 Å². The molecule has 0 atom stereocenters. The summed E-state index contributed by atoms with van der Waals surface area (Å²) in [5.41, 5.74) is 0. The average Bonchev–Trinajstić information content (AvgIpc) is 3.26. The highest BCUT2D eigenvalue weighted by Crippen LogP contribution is 2.22. The molecule has 0 spiro atoms. The molecule has 1 heterocycles. The molecule has 0 aromatic carbocycles. The predicted molar refractivity (Wildman–Crippen MR) is 369 cm³/mol. The smallest absolute Gasteiger partial charge is 0.0860 e. The molecule has 16 heteroatoms. The van der Waals surface area contributed by atoms with Crippen molar-refractivity contribution in [1.29, 1.82) is 0 Å². The van der Waals surface area contributed by atoms with Crippen molar-refractivity contribution in [2.45, 2.75) is 173 Å². The predicted octanol–water partition coefficient (Wildman–Crippen LogP) is -2.01. The molecule has 0 radical (unpaired) electrons. The fourth-order valence-electron chi connectivity index (χ4n) is 9.46. The first-order valence-electron chi connectivity index (χ1n) is 33.0. The summed E-state index contributed by atoms with van der Waals surface area (Å²) in [4.78, 5) is 11.1. The third-order valence-electron chi connectivity index (χ3n) is 13.2. The molecule has 11 nitrogen and oxygen atoms in total. The Morgan fingerprint density at radius 1 is 0.417 bits per heavy atom. The SMILES string of the molecule is CC(CN(C)C)CN(C)C.CC(C[N+](C)(C)C)C[N+](C)(C)C.CCCCCCCCCC[N+]1(C)CCC(C)CC1.CCCN(C)C.CCCN(CC)CC.CCC[N+](C)(C)C.CCC[N+](C)(CC)CC.CN(C)C.C[N+](C)(C)C.[I-].[I-].[I-].[I-].[I-]. The largest absolute Gasteiger partial charge is 1.00 e. The van der Waals surface area contributed by atoms with Gasteiger partial charge in [-0.2, -0.15) is 0 Å². The quantitative estimate of drug-likeness (QED) is 0.0489. The van der Waals surface area contributed by atoms with E-state index in [1.165, 1.54) is 197 Å². The number of unbranched alkanes of at least 4 members (excludes halogenated alkanes) is 7. The zero-order valence-electron chi connectivity index (χ0n) is 65.0. The molecule has 1 aliphatic heterocycles. The minimum absolute atomic E-state index is 0. The molecule has 1 rings (SSSR count). The van der Waals surface area contributed by atoms with Crippen LogP contribution in [0.15, 0.2) is 0 Å². The van der Waals surface area contributed by atoms with Crippen LogP contribution < -0.4 is 120 Å². The fourth-order valence-corrected chi connectivity index (χ4v) is 9.46. The number of likely N-dealkylation sites (tertiary alicyclic amines) is 1.